The molecule has 3 aromatic rings. The third-order valence-electron chi connectivity index (χ3n) is 3.80. The van der Waals surface area contributed by atoms with Crippen LogP contribution in [0.5, 0.6) is 0 Å². The highest BCUT2D eigenvalue weighted by atomic mass is 15.1. The Balaban J connectivity index is 2.18. The van der Waals surface area contributed by atoms with E-state index in [0.29, 0.717) is 0 Å². The lowest BCUT2D eigenvalue weighted by Crippen LogP contribution is -2.10. The number of aromatic nitrogens is 2. The maximum absolute atomic E-state index is 4.73. The fourth-order valence-corrected chi connectivity index (χ4v) is 2.72. The Bertz CT molecular complexity index is 850. The van der Waals surface area contributed by atoms with Gasteiger partial charge in [0.15, 0.2) is 0 Å². The lowest BCUT2D eigenvalue weighted by molar-refractivity contribution is 1.11. The van der Waals surface area contributed by atoms with E-state index in [2.05, 4.69) is 55.7 Å². The van der Waals surface area contributed by atoms with Crippen LogP contribution in [0.3, 0.4) is 0 Å². The van der Waals surface area contributed by atoms with E-state index in [1.807, 2.05) is 18.2 Å². The molecule has 3 heteroatoms. The van der Waals surface area contributed by atoms with Crippen LogP contribution in [0.25, 0.3) is 28.2 Å². The minimum atomic E-state index is 0.870. The Hall–Kier alpha value is -2.68. The molecule has 0 amide bonds. The average Bonchev–Trinajstić information content (AvgIpc) is 2.53. The van der Waals surface area contributed by atoms with Gasteiger partial charge in [-0.1, -0.05) is 12.6 Å². The zero-order valence-corrected chi connectivity index (χ0v) is 13.2. The smallest absolute Gasteiger partial charge is 0.0745 e. The van der Waals surface area contributed by atoms with Crippen molar-refractivity contribution in [3.05, 3.63) is 60.4 Å². The minimum Gasteiger partial charge on any atom is -0.377 e. The van der Waals surface area contributed by atoms with Crippen molar-refractivity contribution in [3.8, 4) is 11.3 Å². The van der Waals surface area contributed by atoms with Crippen LogP contribution < -0.4 is 4.90 Å². The first-order chi connectivity index (χ1) is 10.6. The molecule has 0 aliphatic rings. The summed E-state index contributed by atoms with van der Waals surface area (Å²) in [5, 5.41) is 1.03. The number of hydrogen-bond acceptors (Lipinski definition) is 3. The van der Waals surface area contributed by atoms with E-state index in [1.165, 1.54) is 11.3 Å². The molecule has 0 spiro atoms. The number of fused-ring (bicyclic) bond motifs is 1. The maximum Gasteiger partial charge on any atom is 0.0745 e. The topological polar surface area (TPSA) is 29.0 Å². The van der Waals surface area contributed by atoms with Crippen molar-refractivity contribution in [2.45, 2.75) is 6.92 Å². The molecular formula is C19H19N3. The molecule has 0 aliphatic heterocycles. The molecule has 110 valence electrons. The second kappa shape index (κ2) is 5.60. The minimum absolute atomic E-state index is 0.870. The Labute approximate surface area is 131 Å². The Morgan fingerprint density at radius 1 is 1.14 bits per heavy atom. The van der Waals surface area contributed by atoms with E-state index < -0.39 is 0 Å². The summed E-state index contributed by atoms with van der Waals surface area (Å²) in [6.07, 6.45) is 3.59. The third-order valence-corrected chi connectivity index (χ3v) is 3.80. The molecule has 3 rings (SSSR count). The van der Waals surface area contributed by atoms with Crippen molar-refractivity contribution >= 4 is 22.7 Å². The monoisotopic (exact) mass is 289 g/mol. The van der Waals surface area contributed by atoms with Gasteiger partial charge in [0.2, 0.25) is 0 Å². The summed E-state index contributed by atoms with van der Waals surface area (Å²) in [5.74, 6) is 0. The second-order valence-corrected chi connectivity index (χ2v) is 5.56. The summed E-state index contributed by atoms with van der Waals surface area (Å²) in [6, 6.07) is 12.4. The largest absolute Gasteiger partial charge is 0.377 e. The number of rotatable bonds is 3. The van der Waals surface area contributed by atoms with Crippen LogP contribution in [-0.2, 0) is 0 Å². The first-order valence-electron chi connectivity index (χ1n) is 7.26. The number of nitrogens with zero attached hydrogens (tertiary/aromatic N) is 3. The predicted molar refractivity (Wildman–Crippen MR) is 94.1 cm³/mol. The molecule has 0 bridgehead atoms. The zero-order chi connectivity index (χ0) is 15.7. The molecule has 3 nitrogen and oxygen atoms in total. The summed E-state index contributed by atoms with van der Waals surface area (Å²) in [6.45, 7) is 5.99. The van der Waals surface area contributed by atoms with Crippen LogP contribution in [-0.4, -0.2) is 24.1 Å². The number of benzene rings is 1. The van der Waals surface area contributed by atoms with Gasteiger partial charge in [-0.2, -0.15) is 0 Å². The van der Waals surface area contributed by atoms with Gasteiger partial charge in [-0.3, -0.25) is 4.98 Å². The lowest BCUT2D eigenvalue weighted by Gasteiger charge is -2.16. The van der Waals surface area contributed by atoms with E-state index in [1.54, 1.807) is 12.3 Å². The molecule has 0 N–H and O–H groups in total. The Kier molecular flexibility index (Phi) is 3.63. The summed E-state index contributed by atoms with van der Waals surface area (Å²) in [5.41, 5.74) is 6.28. The summed E-state index contributed by atoms with van der Waals surface area (Å²) >= 11 is 0. The zero-order valence-electron chi connectivity index (χ0n) is 13.2. The Morgan fingerprint density at radius 2 is 1.95 bits per heavy atom. The molecule has 2 heterocycles. The third kappa shape index (κ3) is 2.46. The van der Waals surface area contributed by atoms with Crippen LogP contribution in [0, 0.1) is 6.92 Å². The van der Waals surface area contributed by atoms with Crippen LogP contribution in [0.2, 0.25) is 0 Å². The first-order valence-corrected chi connectivity index (χ1v) is 7.26. The predicted octanol–water partition coefficient (Wildman–Crippen LogP) is 4.31. The van der Waals surface area contributed by atoms with Crippen molar-refractivity contribution in [1.82, 2.24) is 9.97 Å². The molecule has 0 unspecified atom stereocenters. The standard InChI is InChI=1S/C19H19N3/c1-5-16-15-7-6-10-20-18(15)12-17(21-16)14-8-9-19(22(3)4)13(2)11-14/h5-12H,1H2,2-4H3. The molecule has 22 heavy (non-hydrogen) atoms. The van der Waals surface area contributed by atoms with E-state index in [9.17, 15) is 0 Å². The molecule has 0 atom stereocenters. The molecule has 1 aromatic carbocycles. The SMILES string of the molecule is C=Cc1nc(-c2ccc(N(C)C)c(C)c2)cc2ncccc12. The number of pyridine rings is 2. The molecule has 2 aromatic heterocycles. The molecule has 0 aliphatic carbocycles. The van der Waals surface area contributed by atoms with Gasteiger partial charge in [0.25, 0.3) is 0 Å². The van der Waals surface area contributed by atoms with E-state index in [0.717, 1.165) is 27.9 Å². The fourth-order valence-electron chi connectivity index (χ4n) is 2.72. The van der Waals surface area contributed by atoms with Crippen LogP contribution in [0.1, 0.15) is 11.3 Å². The van der Waals surface area contributed by atoms with Gasteiger partial charge >= 0.3 is 0 Å². The van der Waals surface area contributed by atoms with Gasteiger partial charge in [0, 0.05) is 36.9 Å². The maximum atomic E-state index is 4.73. The molecule has 0 fully saturated rings. The highest BCUT2D eigenvalue weighted by Gasteiger charge is 2.08. The van der Waals surface area contributed by atoms with Crippen molar-refractivity contribution in [2.24, 2.45) is 0 Å². The number of anilines is 1. The molecule has 0 radical (unpaired) electrons. The highest BCUT2D eigenvalue weighted by Crippen LogP contribution is 2.28. The van der Waals surface area contributed by atoms with E-state index in [4.69, 9.17) is 4.98 Å². The number of aryl methyl sites for hydroxylation is 1. The van der Waals surface area contributed by atoms with Gasteiger partial charge in [0.05, 0.1) is 16.9 Å². The summed E-state index contributed by atoms with van der Waals surface area (Å²) in [7, 11) is 4.10. The summed E-state index contributed by atoms with van der Waals surface area (Å²) < 4.78 is 0. The normalized spacial score (nSPS) is 10.7. The van der Waals surface area contributed by atoms with Crippen molar-refractivity contribution in [3.63, 3.8) is 0 Å². The molecular weight excluding hydrogens is 270 g/mol. The van der Waals surface area contributed by atoms with Crippen molar-refractivity contribution in [2.75, 3.05) is 19.0 Å². The van der Waals surface area contributed by atoms with Gasteiger partial charge in [-0.15, -0.1) is 0 Å². The lowest BCUT2D eigenvalue weighted by atomic mass is 10.0. The van der Waals surface area contributed by atoms with Crippen LogP contribution >= 0.6 is 0 Å². The Morgan fingerprint density at radius 3 is 2.64 bits per heavy atom. The average molecular weight is 289 g/mol. The highest BCUT2D eigenvalue weighted by molar-refractivity contribution is 5.89. The molecule has 0 saturated heterocycles. The van der Waals surface area contributed by atoms with Crippen molar-refractivity contribution in [1.29, 1.82) is 0 Å². The second-order valence-electron chi connectivity index (χ2n) is 5.56. The van der Waals surface area contributed by atoms with E-state index in [-0.39, 0.29) is 0 Å². The quantitative estimate of drug-likeness (QED) is 0.719. The molecule has 0 saturated carbocycles. The van der Waals surface area contributed by atoms with Gasteiger partial charge in [-0.05, 0) is 48.9 Å². The van der Waals surface area contributed by atoms with Crippen molar-refractivity contribution < 1.29 is 0 Å². The number of hydrogen-bond donors (Lipinski definition) is 0. The van der Waals surface area contributed by atoms with Crippen LogP contribution in [0.15, 0.2) is 49.2 Å². The fraction of sp³-hybridized carbons (Fsp3) is 0.158. The van der Waals surface area contributed by atoms with Crippen LogP contribution in [0.4, 0.5) is 5.69 Å². The first kappa shape index (κ1) is 14.3. The van der Waals surface area contributed by atoms with Gasteiger partial charge in [0.1, 0.15) is 0 Å². The van der Waals surface area contributed by atoms with Gasteiger partial charge in [-0.25, -0.2) is 4.98 Å². The van der Waals surface area contributed by atoms with Gasteiger partial charge < -0.3 is 4.90 Å². The summed E-state index contributed by atoms with van der Waals surface area (Å²) in [4.78, 5) is 11.3. The van der Waals surface area contributed by atoms with E-state index >= 15 is 0 Å².